The van der Waals surface area contributed by atoms with Gasteiger partial charge in [0.2, 0.25) is 0 Å². The number of aryl methyl sites for hydroxylation is 1. The number of hydrogen-bond acceptors (Lipinski definition) is 4. The molecule has 0 aromatic carbocycles. The molecule has 21 heavy (non-hydrogen) atoms. The largest absolute Gasteiger partial charge is 0.481 e. The topological polar surface area (TPSA) is 68.0 Å². The molecule has 2 rings (SSSR count). The second-order valence-electron chi connectivity index (χ2n) is 5.03. The van der Waals surface area contributed by atoms with Gasteiger partial charge in [-0.15, -0.1) is 0 Å². The second kappa shape index (κ2) is 7.26. The summed E-state index contributed by atoms with van der Waals surface area (Å²) in [5, 5.41) is 9.58. The Morgan fingerprint density at radius 2 is 2.19 bits per heavy atom. The standard InChI is InChI=1S/C15H19N3O2S/c1-11(2)13-9-17-15(21-10-14(19)20)18(13)8-6-12-5-3-4-7-16-12/h3-5,7,9,11H,6,8,10H2,1-2H3,(H,19,20). The van der Waals surface area contributed by atoms with Gasteiger partial charge in [-0.1, -0.05) is 31.7 Å². The smallest absolute Gasteiger partial charge is 0.313 e. The van der Waals surface area contributed by atoms with Crippen LogP contribution in [-0.2, 0) is 17.8 Å². The van der Waals surface area contributed by atoms with Gasteiger partial charge in [-0.2, -0.15) is 0 Å². The van der Waals surface area contributed by atoms with E-state index in [1.807, 2.05) is 24.4 Å². The van der Waals surface area contributed by atoms with E-state index in [1.54, 1.807) is 6.20 Å². The summed E-state index contributed by atoms with van der Waals surface area (Å²) in [6, 6.07) is 5.87. The Morgan fingerprint density at radius 1 is 1.38 bits per heavy atom. The Bertz CT molecular complexity index is 596. The number of carbonyl (C=O) groups is 1. The van der Waals surface area contributed by atoms with Gasteiger partial charge in [-0.25, -0.2) is 4.98 Å². The zero-order valence-corrected chi connectivity index (χ0v) is 13.0. The third-order valence-corrected chi connectivity index (χ3v) is 4.06. The van der Waals surface area contributed by atoms with Gasteiger partial charge in [0.1, 0.15) is 0 Å². The van der Waals surface area contributed by atoms with Crippen molar-refractivity contribution >= 4 is 17.7 Å². The zero-order valence-electron chi connectivity index (χ0n) is 12.2. The Morgan fingerprint density at radius 3 is 2.81 bits per heavy atom. The predicted octanol–water partition coefficient (Wildman–Crippen LogP) is 2.82. The third-order valence-electron chi connectivity index (χ3n) is 3.08. The molecule has 5 nitrogen and oxygen atoms in total. The molecule has 0 bridgehead atoms. The van der Waals surface area contributed by atoms with Crippen LogP contribution in [0.3, 0.4) is 0 Å². The lowest BCUT2D eigenvalue weighted by atomic mass is 10.1. The number of hydrogen-bond donors (Lipinski definition) is 1. The Hall–Kier alpha value is -1.82. The van der Waals surface area contributed by atoms with E-state index in [-0.39, 0.29) is 5.75 Å². The van der Waals surface area contributed by atoms with E-state index < -0.39 is 5.97 Å². The van der Waals surface area contributed by atoms with E-state index in [2.05, 4.69) is 28.4 Å². The van der Waals surface area contributed by atoms with Crippen LogP contribution >= 0.6 is 11.8 Å². The number of pyridine rings is 1. The monoisotopic (exact) mass is 305 g/mol. The van der Waals surface area contributed by atoms with Crippen LogP contribution in [0.4, 0.5) is 0 Å². The number of carboxylic acids is 1. The number of nitrogens with zero attached hydrogens (tertiary/aromatic N) is 3. The van der Waals surface area contributed by atoms with Crippen LogP contribution in [0.5, 0.6) is 0 Å². The number of aliphatic carboxylic acids is 1. The van der Waals surface area contributed by atoms with Gasteiger partial charge >= 0.3 is 5.97 Å². The molecule has 2 heterocycles. The number of carboxylic acid groups (broad SMARTS) is 1. The Balaban J connectivity index is 2.14. The molecule has 112 valence electrons. The Kier molecular flexibility index (Phi) is 5.38. The number of aromatic nitrogens is 3. The van der Waals surface area contributed by atoms with E-state index in [4.69, 9.17) is 5.11 Å². The van der Waals surface area contributed by atoms with Crippen molar-refractivity contribution in [3.63, 3.8) is 0 Å². The van der Waals surface area contributed by atoms with Gasteiger partial charge < -0.3 is 9.67 Å². The fourth-order valence-electron chi connectivity index (χ4n) is 2.07. The molecular formula is C15H19N3O2S. The maximum Gasteiger partial charge on any atom is 0.313 e. The maximum absolute atomic E-state index is 10.7. The molecule has 0 spiro atoms. The van der Waals surface area contributed by atoms with Crippen molar-refractivity contribution in [1.29, 1.82) is 0 Å². The molecule has 0 aliphatic carbocycles. The van der Waals surface area contributed by atoms with Crippen molar-refractivity contribution in [2.24, 2.45) is 0 Å². The summed E-state index contributed by atoms with van der Waals surface area (Å²) < 4.78 is 2.10. The van der Waals surface area contributed by atoms with Gasteiger partial charge in [-0.05, 0) is 18.1 Å². The molecule has 0 amide bonds. The maximum atomic E-state index is 10.7. The van der Waals surface area contributed by atoms with Crippen molar-refractivity contribution in [2.75, 3.05) is 5.75 Å². The molecule has 1 N–H and O–H groups in total. The lowest BCUT2D eigenvalue weighted by Crippen LogP contribution is -2.10. The molecule has 0 atom stereocenters. The molecule has 2 aromatic rings. The zero-order chi connectivity index (χ0) is 15.2. The fraction of sp³-hybridized carbons (Fsp3) is 0.400. The average molecular weight is 305 g/mol. The summed E-state index contributed by atoms with van der Waals surface area (Å²) in [5.74, 6) is -0.455. The van der Waals surface area contributed by atoms with Crippen molar-refractivity contribution in [3.05, 3.63) is 42.0 Å². The van der Waals surface area contributed by atoms with Crippen LogP contribution in [0.2, 0.25) is 0 Å². The van der Waals surface area contributed by atoms with Crippen LogP contribution in [0.25, 0.3) is 0 Å². The average Bonchev–Trinajstić information content (AvgIpc) is 2.87. The van der Waals surface area contributed by atoms with Crippen molar-refractivity contribution < 1.29 is 9.90 Å². The first-order valence-electron chi connectivity index (χ1n) is 6.88. The highest BCUT2D eigenvalue weighted by molar-refractivity contribution is 7.99. The van der Waals surface area contributed by atoms with E-state index in [0.29, 0.717) is 5.92 Å². The summed E-state index contributed by atoms with van der Waals surface area (Å²) in [4.78, 5) is 19.4. The van der Waals surface area contributed by atoms with Gasteiger partial charge in [0.05, 0.1) is 5.75 Å². The lowest BCUT2D eigenvalue weighted by Gasteiger charge is -2.13. The van der Waals surface area contributed by atoms with Crippen molar-refractivity contribution in [2.45, 2.75) is 37.9 Å². The van der Waals surface area contributed by atoms with E-state index >= 15 is 0 Å². The van der Waals surface area contributed by atoms with Gasteiger partial charge in [0.25, 0.3) is 0 Å². The molecule has 0 fully saturated rings. The number of thioether (sulfide) groups is 1. The molecule has 0 unspecified atom stereocenters. The highest BCUT2D eigenvalue weighted by Crippen LogP contribution is 2.23. The SMILES string of the molecule is CC(C)c1cnc(SCC(=O)O)n1CCc1ccccn1. The van der Waals surface area contributed by atoms with Crippen LogP contribution in [-0.4, -0.2) is 31.4 Å². The summed E-state index contributed by atoms with van der Waals surface area (Å²) in [5.41, 5.74) is 2.15. The fourth-order valence-corrected chi connectivity index (χ4v) is 2.80. The van der Waals surface area contributed by atoms with Gasteiger partial charge in [0, 0.05) is 36.7 Å². The highest BCUT2D eigenvalue weighted by atomic mass is 32.2. The van der Waals surface area contributed by atoms with Crippen LogP contribution in [0.15, 0.2) is 35.7 Å². The van der Waals surface area contributed by atoms with Gasteiger partial charge in [0.15, 0.2) is 5.16 Å². The first-order valence-corrected chi connectivity index (χ1v) is 7.86. The molecule has 0 radical (unpaired) electrons. The Labute approximate surface area is 128 Å². The minimum Gasteiger partial charge on any atom is -0.481 e. The number of rotatable bonds is 7. The normalized spacial score (nSPS) is 11.0. The predicted molar refractivity (Wildman–Crippen MR) is 82.6 cm³/mol. The molecule has 0 saturated carbocycles. The summed E-state index contributed by atoms with van der Waals surface area (Å²) >= 11 is 1.26. The molecule has 2 aromatic heterocycles. The minimum absolute atomic E-state index is 0.0259. The van der Waals surface area contributed by atoms with Crippen molar-refractivity contribution in [1.82, 2.24) is 14.5 Å². The number of imidazole rings is 1. The van der Waals surface area contributed by atoms with Gasteiger partial charge in [-0.3, -0.25) is 9.78 Å². The second-order valence-corrected chi connectivity index (χ2v) is 5.97. The van der Waals surface area contributed by atoms with E-state index in [1.165, 1.54) is 11.8 Å². The molecule has 0 aliphatic heterocycles. The summed E-state index contributed by atoms with van der Waals surface area (Å²) in [6.07, 6.45) is 4.43. The molecule has 0 aliphatic rings. The van der Waals surface area contributed by atoms with Crippen LogP contribution in [0, 0.1) is 0 Å². The summed E-state index contributed by atoms with van der Waals surface area (Å²) in [6.45, 7) is 4.98. The first kappa shape index (κ1) is 15.6. The quantitative estimate of drug-likeness (QED) is 0.797. The molecular weight excluding hydrogens is 286 g/mol. The first-order chi connectivity index (χ1) is 10.1. The third kappa shape index (κ3) is 4.32. The summed E-state index contributed by atoms with van der Waals surface area (Å²) in [7, 11) is 0. The minimum atomic E-state index is -0.828. The highest BCUT2D eigenvalue weighted by Gasteiger charge is 2.14. The van der Waals surface area contributed by atoms with Crippen LogP contribution in [0.1, 0.15) is 31.2 Å². The van der Waals surface area contributed by atoms with E-state index in [9.17, 15) is 4.79 Å². The molecule has 0 saturated heterocycles. The van der Waals surface area contributed by atoms with E-state index in [0.717, 1.165) is 29.5 Å². The van der Waals surface area contributed by atoms with Crippen molar-refractivity contribution in [3.8, 4) is 0 Å². The van der Waals surface area contributed by atoms with Crippen LogP contribution < -0.4 is 0 Å². The lowest BCUT2D eigenvalue weighted by molar-refractivity contribution is -0.133. The molecule has 6 heteroatoms.